The first-order valence-corrected chi connectivity index (χ1v) is 5.03. The van der Waals surface area contributed by atoms with E-state index in [0.29, 0.717) is 5.75 Å². The second kappa shape index (κ2) is 5.00. The average molecular weight is 253 g/mol. The van der Waals surface area contributed by atoms with Gasteiger partial charge in [-0.3, -0.25) is 0 Å². The molecule has 1 radical (unpaired) electrons. The normalized spacial score (nSPS) is 11.1. The Morgan fingerprint density at radius 3 is 2.11 bits per heavy atom. The van der Waals surface area contributed by atoms with Crippen LogP contribution in [0.2, 0.25) is 0 Å². The van der Waals surface area contributed by atoms with Gasteiger partial charge in [-0.05, 0) is 30.3 Å². The Bertz CT molecular complexity index is 509. The van der Waals surface area contributed by atoms with Crippen molar-refractivity contribution >= 4 is 0 Å². The number of alkyl halides is 3. The van der Waals surface area contributed by atoms with Crippen LogP contribution in [0.15, 0.2) is 48.5 Å². The quantitative estimate of drug-likeness (QED) is 0.817. The van der Waals surface area contributed by atoms with E-state index in [9.17, 15) is 13.2 Å². The van der Waals surface area contributed by atoms with E-state index in [1.807, 2.05) is 0 Å². The molecule has 0 aromatic heterocycles. The molecule has 0 bridgehead atoms. The predicted molar refractivity (Wildman–Crippen MR) is 58.5 cm³/mol. The van der Waals surface area contributed by atoms with Gasteiger partial charge in [0, 0.05) is 0 Å². The largest absolute Gasteiger partial charge is 0.573 e. The van der Waals surface area contributed by atoms with Gasteiger partial charge in [-0.15, -0.1) is 13.2 Å². The summed E-state index contributed by atoms with van der Waals surface area (Å²) in [4.78, 5) is 0. The molecule has 2 nitrogen and oxygen atoms in total. The molecule has 0 heterocycles. The predicted octanol–water partition coefficient (Wildman–Crippen LogP) is 4.18. The van der Waals surface area contributed by atoms with Crippen LogP contribution in [0.25, 0.3) is 0 Å². The fraction of sp³-hybridized carbons (Fsp3) is 0.0769. The van der Waals surface area contributed by atoms with Crippen LogP contribution in [0.3, 0.4) is 0 Å². The second-order valence-corrected chi connectivity index (χ2v) is 3.33. The minimum atomic E-state index is -4.75. The maximum absolute atomic E-state index is 12.2. The van der Waals surface area contributed by atoms with Gasteiger partial charge in [0.2, 0.25) is 0 Å². The van der Waals surface area contributed by atoms with Crippen molar-refractivity contribution < 1.29 is 22.6 Å². The number of benzene rings is 2. The lowest BCUT2D eigenvalue weighted by Gasteiger charge is -2.13. The van der Waals surface area contributed by atoms with E-state index in [1.165, 1.54) is 18.2 Å². The zero-order valence-electron chi connectivity index (χ0n) is 9.07. The average Bonchev–Trinajstić information content (AvgIpc) is 2.31. The highest BCUT2D eigenvalue weighted by atomic mass is 19.4. The van der Waals surface area contributed by atoms with Crippen molar-refractivity contribution in [3.63, 3.8) is 0 Å². The third-order valence-corrected chi connectivity index (χ3v) is 1.99. The number of hydrogen-bond acceptors (Lipinski definition) is 2. The zero-order valence-corrected chi connectivity index (χ0v) is 9.07. The second-order valence-electron chi connectivity index (χ2n) is 3.33. The molecule has 0 amide bonds. The van der Waals surface area contributed by atoms with Crippen molar-refractivity contribution in [1.82, 2.24) is 0 Å². The fourth-order valence-corrected chi connectivity index (χ4v) is 1.31. The van der Waals surface area contributed by atoms with Crippen molar-refractivity contribution in [2.24, 2.45) is 0 Å². The van der Waals surface area contributed by atoms with Crippen molar-refractivity contribution in [3.05, 3.63) is 54.6 Å². The van der Waals surface area contributed by atoms with E-state index in [2.05, 4.69) is 10.8 Å². The highest BCUT2D eigenvalue weighted by Crippen LogP contribution is 2.34. The van der Waals surface area contributed by atoms with Gasteiger partial charge < -0.3 is 9.47 Å². The summed E-state index contributed by atoms with van der Waals surface area (Å²) in [5, 5.41) is 0. The molecule has 0 N–H and O–H groups in total. The first-order chi connectivity index (χ1) is 8.54. The molecular weight excluding hydrogens is 245 g/mol. The molecule has 5 heteroatoms. The molecule has 0 fully saturated rings. The molecule has 0 spiro atoms. The van der Waals surface area contributed by atoms with Gasteiger partial charge in [-0.2, -0.15) is 0 Å². The summed E-state index contributed by atoms with van der Waals surface area (Å²) in [6.45, 7) is 0. The highest BCUT2D eigenvalue weighted by Gasteiger charge is 2.32. The highest BCUT2D eigenvalue weighted by molar-refractivity contribution is 5.42. The Balaban J connectivity index is 2.23. The van der Waals surface area contributed by atoms with Crippen molar-refractivity contribution in [2.75, 3.05) is 0 Å². The minimum absolute atomic E-state index is 0.000949. The number of hydrogen-bond donors (Lipinski definition) is 0. The maximum Gasteiger partial charge on any atom is 0.573 e. The molecule has 93 valence electrons. The third-order valence-electron chi connectivity index (χ3n) is 1.99. The van der Waals surface area contributed by atoms with Crippen LogP contribution in [-0.4, -0.2) is 6.36 Å². The number of halogens is 3. The van der Waals surface area contributed by atoms with Gasteiger partial charge >= 0.3 is 6.36 Å². The Kier molecular flexibility index (Phi) is 3.41. The standard InChI is InChI=1S/C13H8F3O2/c14-13(15,16)18-12-9-5-4-8-11(12)17-10-6-2-1-3-7-10/h2-9H. The van der Waals surface area contributed by atoms with Crippen LogP contribution >= 0.6 is 0 Å². The van der Waals surface area contributed by atoms with Crippen LogP contribution in [0.1, 0.15) is 0 Å². The molecule has 0 saturated heterocycles. The van der Waals surface area contributed by atoms with E-state index in [-0.39, 0.29) is 11.5 Å². The molecule has 2 aromatic carbocycles. The lowest BCUT2D eigenvalue weighted by Crippen LogP contribution is -2.17. The molecule has 2 aromatic rings. The Morgan fingerprint density at radius 2 is 1.50 bits per heavy atom. The summed E-state index contributed by atoms with van der Waals surface area (Å²) in [5.41, 5.74) is 0. The molecule has 18 heavy (non-hydrogen) atoms. The summed E-state index contributed by atoms with van der Waals surface area (Å²) in [6, 6.07) is 14.7. The molecular formula is C13H8F3O2. The zero-order chi connectivity index (χ0) is 13.0. The Morgan fingerprint density at radius 1 is 0.889 bits per heavy atom. The molecule has 0 atom stereocenters. The van der Waals surface area contributed by atoms with E-state index in [4.69, 9.17) is 4.74 Å². The SMILES string of the molecule is FC(F)(F)Oc1ccccc1Oc1cc[c]cc1. The first kappa shape index (κ1) is 12.3. The topological polar surface area (TPSA) is 18.5 Å². The molecule has 0 unspecified atom stereocenters. The lowest BCUT2D eigenvalue weighted by atomic mass is 10.3. The summed E-state index contributed by atoms with van der Waals surface area (Å²) >= 11 is 0. The molecule has 0 aliphatic rings. The van der Waals surface area contributed by atoms with Gasteiger partial charge in [-0.25, -0.2) is 0 Å². The van der Waals surface area contributed by atoms with Crippen molar-refractivity contribution in [1.29, 1.82) is 0 Å². The lowest BCUT2D eigenvalue weighted by molar-refractivity contribution is -0.275. The molecule has 0 aliphatic carbocycles. The fourth-order valence-electron chi connectivity index (χ4n) is 1.31. The number of ether oxygens (including phenoxy) is 2. The van der Waals surface area contributed by atoms with Crippen LogP contribution in [0, 0.1) is 6.07 Å². The molecule has 0 saturated carbocycles. The van der Waals surface area contributed by atoms with Crippen LogP contribution in [0.5, 0.6) is 17.2 Å². The molecule has 0 aliphatic heterocycles. The van der Waals surface area contributed by atoms with E-state index < -0.39 is 6.36 Å². The third kappa shape index (κ3) is 3.41. The summed E-state index contributed by atoms with van der Waals surface area (Å²) in [7, 11) is 0. The van der Waals surface area contributed by atoms with Gasteiger partial charge in [0.05, 0.1) is 0 Å². The number of rotatable bonds is 3. The monoisotopic (exact) mass is 253 g/mol. The minimum Gasteiger partial charge on any atom is -0.453 e. The van der Waals surface area contributed by atoms with Gasteiger partial charge in [0.25, 0.3) is 0 Å². The van der Waals surface area contributed by atoms with Crippen LogP contribution in [0.4, 0.5) is 13.2 Å². The Labute approximate surface area is 102 Å². The van der Waals surface area contributed by atoms with Crippen molar-refractivity contribution in [2.45, 2.75) is 6.36 Å². The van der Waals surface area contributed by atoms with E-state index >= 15 is 0 Å². The van der Waals surface area contributed by atoms with E-state index in [0.717, 1.165) is 0 Å². The van der Waals surface area contributed by atoms with Gasteiger partial charge in [-0.1, -0.05) is 24.3 Å². The molecule has 2 rings (SSSR count). The van der Waals surface area contributed by atoms with E-state index in [1.54, 1.807) is 30.3 Å². The van der Waals surface area contributed by atoms with Gasteiger partial charge in [0.1, 0.15) is 5.75 Å². The van der Waals surface area contributed by atoms with Crippen LogP contribution < -0.4 is 9.47 Å². The summed E-state index contributed by atoms with van der Waals surface area (Å²) in [5.74, 6) is 0.0332. The maximum atomic E-state index is 12.2. The van der Waals surface area contributed by atoms with Gasteiger partial charge in [0.15, 0.2) is 11.5 Å². The summed E-state index contributed by atoms with van der Waals surface area (Å²) in [6.07, 6.45) is -4.75. The van der Waals surface area contributed by atoms with Crippen molar-refractivity contribution in [3.8, 4) is 17.2 Å². The Hall–Kier alpha value is -2.17. The summed E-state index contributed by atoms with van der Waals surface area (Å²) < 4.78 is 45.7. The number of para-hydroxylation sites is 2. The first-order valence-electron chi connectivity index (χ1n) is 5.03. The smallest absolute Gasteiger partial charge is 0.453 e. The van der Waals surface area contributed by atoms with Crippen LogP contribution in [-0.2, 0) is 0 Å².